The van der Waals surface area contributed by atoms with Crippen molar-refractivity contribution in [3.05, 3.63) is 58.1 Å². The first-order chi connectivity index (χ1) is 12.0. The van der Waals surface area contributed by atoms with E-state index >= 15 is 0 Å². The first kappa shape index (κ1) is 17.6. The number of nitrogens with two attached hydrogens (primary N) is 1. The molecule has 0 bridgehead atoms. The van der Waals surface area contributed by atoms with Crippen molar-refractivity contribution in [2.75, 3.05) is 11.6 Å². The molecule has 7 heteroatoms. The molecule has 130 valence electrons. The molecule has 0 fully saturated rings. The van der Waals surface area contributed by atoms with Crippen LogP contribution in [-0.4, -0.2) is 18.2 Å². The maximum absolute atomic E-state index is 11.6. The Morgan fingerprint density at radius 2 is 2.00 bits per heavy atom. The van der Waals surface area contributed by atoms with E-state index in [2.05, 4.69) is 5.10 Å². The molecule has 0 saturated carbocycles. The predicted octanol–water partition coefficient (Wildman–Crippen LogP) is 4.18. The van der Waals surface area contributed by atoms with Gasteiger partial charge in [-0.15, -0.1) is 0 Å². The minimum absolute atomic E-state index is 0.183. The number of carbonyl (C=O) groups excluding carboxylic acids is 1. The number of hydrogen-bond acceptors (Lipinski definition) is 4. The van der Waals surface area contributed by atoms with Crippen LogP contribution in [0.5, 0.6) is 5.75 Å². The first-order valence-corrected chi connectivity index (χ1v) is 8.59. The van der Waals surface area contributed by atoms with Crippen molar-refractivity contribution in [2.45, 2.75) is 19.4 Å². The van der Waals surface area contributed by atoms with E-state index in [9.17, 15) is 4.79 Å². The van der Waals surface area contributed by atoms with Crippen LogP contribution in [0.25, 0.3) is 0 Å². The molecule has 0 saturated heterocycles. The Kier molecular flexibility index (Phi) is 5.16. The minimum Gasteiger partial charge on any atom is -0.494 e. The molecule has 2 N–H and O–H groups in total. The summed E-state index contributed by atoms with van der Waals surface area (Å²) in [5.74, 6) is 0.250. The number of hydrogen-bond donors (Lipinski definition) is 1. The van der Waals surface area contributed by atoms with E-state index in [1.807, 2.05) is 31.2 Å². The van der Waals surface area contributed by atoms with E-state index < -0.39 is 5.91 Å². The summed E-state index contributed by atoms with van der Waals surface area (Å²) in [4.78, 5) is 11.6. The Bertz CT molecular complexity index is 822. The lowest BCUT2D eigenvalue weighted by atomic mass is 10.0. The molecule has 1 aliphatic rings. The second kappa shape index (κ2) is 7.33. The van der Waals surface area contributed by atoms with Crippen LogP contribution in [0.2, 0.25) is 10.0 Å². The zero-order valence-electron chi connectivity index (χ0n) is 13.6. The highest BCUT2D eigenvalue weighted by Crippen LogP contribution is 2.39. The van der Waals surface area contributed by atoms with Gasteiger partial charge in [-0.05, 0) is 42.8 Å². The van der Waals surface area contributed by atoms with E-state index in [-0.39, 0.29) is 6.04 Å². The lowest BCUT2D eigenvalue weighted by Crippen LogP contribution is -2.22. The van der Waals surface area contributed by atoms with Crippen LogP contribution in [0.1, 0.15) is 24.9 Å². The Labute approximate surface area is 156 Å². The van der Waals surface area contributed by atoms with Gasteiger partial charge in [0.1, 0.15) is 11.5 Å². The molecule has 1 aliphatic heterocycles. The van der Waals surface area contributed by atoms with Gasteiger partial charge >= 0.3 is 0 Å². The standard InChI is InChI=1S/C18H17Cl2N3O2/c1-2-25-13-6-3-11(4-7-13)17-10-15(18(21)24)22-23(17)16-8-5-12(19)9-14(16)20/h3-9,17H,2,10H2,1H3,(H2,21,24). The summed E-state index contributed by atoms with van der Waals surface area (Å²) in [6.07, 6.45) is 0.405. The fourth-order valence-corrected chi connectivity index (χ4v) is 3.26. The maximum Gasteiger partial charge on any atom is 0.265 e. The summed E-state index contributed by atoms with van der Waals surface area (Å²) in [5, 5.41) is 7.09. The lowest BCUT2D eigenvalue weighted by Gasteiger charge is -2.25. The third-order valence-electron chi connectivity index (χ3n) is 3.93. The van der Waals surface area contributed by atoms with Crippen LogP contribution in [0.3, 0.4) is 0 Å². The topological polar surface area (TPSA) is 67.9 Å². The van der Waals surface area contributed by atoms with Gasteiger partial charge in [0, 0.05) is 11.4 Å². The second-order valence-electron chi connectivity index (χ2n) is 5.57. The normalized spacial score (nSPS) is 16.7. The largest absolute Gasteiger partial charge is 0.494 e. The molecule has 1 unspecified atom stereocenters. The van der Waals surface area contributed by atoms with Crippen LogP contribution in [0.15, 0.2) is 47.6 Å². The summed E-state index contributed by atoms with van der Waals surface area (Å²) in [6.45, 7) is 2.53. The quantitative estimate of drug-likeness (QED) is 0.849. The van der Waals surface area contributed by atoms with Gasteiger partial charge in [-0.2, -0.15) is 5.10 Å². The van der Waals surface area contributed by atoms with E-state index in [1.165, 1.54) is 0 Å². The monoisotopic (exact) mass is 377 g/mol. The predicted molar refractivity (Wildman–Crippen MR) is 101 cm³/mol. The van der Waals surface area contributed by atoms with Crippen molar-refractivity contribution in [2.24, 2.45) is 10.8 Å². The molecular formula is C18H17Cl2N3O2. The number of hydrazone groups is 1. The summed E-state index contributed by atoms with van der Waals surface area (Å²) in [7, 11) is 0. The van der Waals surface area contributed by atoms with E-state index in [0.717, 1.165) is 11.3 Å². The third kappa shape index (κ3) is 3.72. The lowest BCUT2D eigenvalue weighted by molar-refractivity contribution is -0.112. The molecule has 2 aromatic carbocycles. The van der Waals surface area contributed by atoms with Gasteiger partial charge in [0.25, 0.3) is 5.91 Å². The second-order valence-corrected chi connectivity index (χ2v) is 6.42. The van der Waals surface area contributed by atoms with Crippen molar-refractivity contribution in [3.63, 3.8) is 0 Å². The molecule has 2 aromatic rings. The third-order valence-corrected chi connectivity index (χ3v) is 4.47. The average molecular weight is 378 g/mol. The molecule has 5 nitrogen and oxygen atoms in total. The zero-order chi connectivity index (χ0) is 18.0. The Morgan fingerprint density at radius 1 is 1.28 bits per heavy atom. The average Bonchev–Trinajstić information content (AvgIpc) is 3.01. The highest BCUT2D eigenvalue weighted by Gasteiger charge is 2.32. The Balaban J connectivity index is 1.97. The number of nitrogens with zero attached hydrogens (tertiary/aromatic N) is 2. The van der Waals surface area contributed by atoms with Gasteiger partial charge in [0.05, 0.1) is 23.4 Å². The molecule has 0 aliphatic carbocycles. The van der Waals surface area contributed by atoms with Crippen molar-refractivity contribution < 1.29 is 9.53 Å². The van der Waals surface area contributed by atoms with Gasteiger partial charge in [-0.1, -0.05) is 35.3 Å². The molecule has 1 amide bonds. The number of carbonyl (C=O) groups is 1. The van der Waals surface area contributed by atoms with Crippen LogP contribution >= 0.6 is 23.2 Å². The van der Waals surface area contributed by atoms with E-state index in [0.29, 0.717) is 34.5 Å². The molecule has 1 atom stereocenters. The Morgan fingerprint density at radius 3 is 2.60 bits per heavy atom. The van der Waals surface area contributed by atoms with Crippen LogP contribution in [-0.2, 0) is 4.79 Å². The summed E-state index contributed by atoms with van der Waals surface area (Å²) >= 11 is 12.3. The number of benzene rings is 2. The van der Waals surface area contributed by atoms with Crippen LogP contribution < -0.4 is 15.5 Å². The van der Waals surface area contributed by atoms with Gasteiger partial charge in [-0.25, -0.2) is 0 Å². The molecule has 0 radical (unpaired) electrons. The minimum atomic E-state index is -0.538. The molecule has 0 aromatic heterocycles. The van der Waals surface area contributed by atoms with Gasteiger partial charge in [0.15, 0.2) is 0 Å². The van der Waals surface area contributed by atoms with E-state index in [1.54, 1.807) is 23.2 Å². The number of rotatable bonds is 5. The van der Waals surface area contributed by atoms with Crippen LogP contribution in [0.4, 0.5) is 5.69 Å². The number of halogens is 2. The summed E-state index contributed by atoms with van der Waals surface area (Å²) < 4.78 is 5.47. The van der Waals surface area contributed by atoms with Crippen molar-refractivity contribution in [3.8, 4) is 5.75 Å². The molecule has 25 heavy (non-hydrogen) atoms. The molecule has 3 rings (SSSR count). The number of primary amides is 1. The number of anilines is 1. The van der Waals surface area contributed by atoms with E-state index in [4.69, 9.17) is 33.7 Å². The smallest absolute Gasteiger partial charge is 0.265 e. The highest BCUT2D eigenvalue weighted by atomic mass is 35.5. The fraction of sp³-hybridized carbons (Fsp3) is 0.222. The maximum atomic E-state index is 11.6. The van der Waals surface area contributed by atoms with Crippen molar-refractivity contribution in [1.82, 2.24) is 0 Å². The summed E-state index contributed by atoms with van der Waals surface area (Å²) in [5.41, 5.74) is 7.39. The van der Waals surface area contributed by atoms with Gasteiger partial charge in [0.2, 0.25) is 0 Å². The fourth-order valence-electron chi connectivity index (χ4n) is 2.76. The van der Waals surface area contributed by atoms with Crippen molar-refractivity contribution >= 4 is 40.5 Å². The van der Waals surface area contributed by atoms with Gasteiger partial charge < -0.3 is 10.5 Å². The zero-order valence-corrected chi connectivity index (χ0v) is 15.1. The molecule has 1 heterocycles. The molecule has 0 spiro atoms. The summed E-state index contributed by atoms with van der Waals surface area (Å²) in [6, 6.07) is 12.7. The van der Waals surface area contributed by atoms with Crippen LogP contribution in [0, 0.1) is 0 Å². The highest BCUT2D eigenvalue weighted by molar-refractivity contribution is 6.39. The Hall–Kier alpha value is -2.24. The van der Waals surface area contributed by atoms with Gasteiger partial charge in [-0.3, -0.25) is 9.80 Å². The van der Waals surface area contributed by atoms with Crippen molar-refractivity contribution in [1.29, 1.82) is 0 Å². The first-order valence-electron chi connectivity index (χ1n) is 7.84. The SMILES string of the molecule is CCOc1ccc(C2CC(C(N)=O)=NN2c2ccc(Cl)cc2Cl)cc1. The molecular weight excluding hydrogens is 361 g/mol. The number of amides is 1. The number of ether oxygens (including phenoxy) is 1.